The average Bonchev–Trinajstić information content (AvgIpc) is 3.07. The standard InChI is InChI=1S/C16H20N4O4/c17-15(21)14-8-13(19-20(14)11-4-2-1-3-5-11)16(22)18-9-12-10-23-6-7-24-12/h1-5,12,14H,6-10H2,(H2,17,21)(H,18,22). The lowest BCUT2D eigenvalue weighted by Gasteiger charge is -2.22. The highest BCUT2D eigenvalue weighted by atomic mass is 16.6. The van der Waals surface area contributed by atoms with Crippen LogP contribution < -0.4 is 16.1 Å². The number of primary amides is 1. The molecule has 24 heavy (non-hydrogen) atoms. The SMILES string of the molecule is NC(=O)C1CC(C(=O)NCC2COCCO2)=NN1c1ccccc1. The monoisotopic (exact) mass is 332 g/mol. The zero-order valence-corrected chi connectivity index (χ0v) is 13.2. The van der Waals surface area contributed by atoms with Crippen molar-refractivity contribution in [1.82, 2.24) is 5.32 Å². The number of nitrogens with zero attached hydrogens (tertiary/aromatic N) is 2. The predicted molar refractivity (Wildman–Crippen MR) is 87.5 cm³/mol. The zero-order valence-electron chi connectivity index (χ0n) is 13.2. The number of para-hydroxylation sites is 1. The van der Waals surface area contributed by atoms with Crippen LogP contribution in [0.2, 0.25) is 0 Å². The van der Waals surface area contributed by atoms with Crippen molar-refractivity contribution >= 4 is 23.2 Å². The molecule has 2 unspecified atom stereocenters. The Labute approximate surface area is 139 Å². The molecule has 2 atom stereocenters. The van der Waals surface area contributed by atoms with Crippen LogP contribution in [0.3, 0.4) is 0 Å². The minimum atomic E-state index is -0.664. The third-order valence-corrected chi connectivity index (χ3v) is 3.90. The van der Waals surface area contributed by atoms with E-state index >= 15 is 0 Å². The second kappa shape index (κ2) is 7.41. The van der Waals surface area contributed by atoms with Crippen LogP contribution in [0.1, 0.15) is 6.42 Å². The van der Waals surface area contributed by atoms with Gasteiger partial charge in [0.15, 0.2) is 0 Å². The summed E-state index contributed by atoms with van der Waals surface area (Å²) >= 11 is 0. The summed E-state index contributed by atoms with van der Waals surface area (Å²) in [6.07, 6.45) is 0.0137. The minimum absolute atomic E-state index is 0.165. The maximum atomic E-state index is 12.3. The van der Waals surface area contributed by atoms with Gasteiger partial charge in [-0.05, 0) is 12.1 Å². The Morgan fingerprint density at radius 2 is 2.08 bits per heavy atom. The number of rotatable bonds is 5. The molecule has 0 spiro atoms. The summed E-state index contributed by atoms with van der Waals surface area (Å²) in [6, 6.07) is 8.49. The topological polar surface area (TPSA) is 106 Å². The van der Waals surface area contributed by atoms with Gasteiger partial charge in [-0.15, -0.1) is 0 Å². The summed E-state index contributed by atoms with van der Waals surface area (Å²) in [6.45, 7) is 1.88. The Balaban J connectivity index is 1.66. The van der Waals surface area contributed by atoms with Gasteiger partial charge in [-0.25, -0.2) is 0 Å². The maximum absolute atomic E-state index is 12.3. The number of hydrogen-bond acceptors (Lipinski definition) is 6. The summed E-state index contributed by atoms with van der Waals surface area (Å²) in [5.41, 5.74) is 6.45. The van der Waals surface area contributed by atoms with E-state index in [1.54, 1.807) is 0 Å². The van der Waals surface area contributed by atoms with E-state index in [1.807, 2.05) is 30.3 Å². The number of anilines is 1. The van der Waals surface area contributed by atoms with Crippen molar-refractivity contribution in [1.29, 1.82) is 0 Å². The average molecular weight is 332 g/mol. The molecule has 1 saturated heterocycles. The number of benzene rings is 1. The molecule has 0 aromatic heterocycles. The van der Waals surface area contributed by atoms with Crippen molar-refractivity contribution in [2.75, 3.05) is 31.4 Å². The maximum Gasteiger partial charge on any atom is 0.267 e. The van der Waals surface area contributed by atoms with E-state index in [9.17, 15) is 9.59 Å². The van der Waals surface area contributed by atoms with E-state index in [4.69, 9.17) is 15.2 Å². The van der Waals surface area contributed by atoms with Gasteiger partial charge in [0.25, 0.3) is 5.91 Å². The van der Waals surface area contributed by atoms with Crippen LogP contribution in [0.5, 0.6) is 0 Å². The fourth-order valence-electron chi connectivity index (χ4n) is 2.65. The van der Waals surface area contributed by atoms with Gasteiger partial charge in [-0.3, -0.25) is 14.6 Å². The number of amides is 2. The minimum Gasteiger partial charge on any atom is -0.376 e. The van der Waals surface area contributed by atoms with Crippen molar-refractivity contribution in [3.63, 3.8) is 0 Å². The van der Waals surface area contributed by atoms with Gasteiger partial charge in [-0.2, -0.15) is 5.10 Å². The number of hydrazone groups is 1. The molecule has 128 valence electrons. The molecule has 8 heteroatoms. The third kappa shape index (κ3) is 3.72. The van der Waals surface area contributed by atoms with Crippen LogP contribution in [-0.4, -0.2) is 56.0 Å². The highest BCUT2D eigenvalue weighted by molar-refractivity contribution is 6.40. The smallest absolute Gasteiger partial charge is 0.267 e. The van der Waals surface area contributed by atoms with E-state index in [1.165, 1.54) is 5.01 Å². The molecule has 1 fully saturated rings. The number of ether oxygens (including phenoxy) is 2. The fraction of sp³-hybridized carbons (Fsp3) is 0.438. The van der Waals surface area contributed by atoms with Gasteiger partial charge in [0.2, 0.25) is 5.91 Å². The Kier molecular flexibility index (Phi) is 5.07. The van der Waals surface area contributed by atoms with Crippen LogP contribution in [-0.2, 0) is 19.1 Å². The summed E-state index contributed by atoms with van der Waals surface area (Å²) < 4.78 is 10.8. The fourth-order valence-corrected chi connectivity index (χ4v) is 2.65. The molecule has 2 aliphatic rings. The van der Waals surface area contributed by atoms with Crippen LogP contribution >= 0.6 is 0 Å². The van der Waals surface area contributed by atoms with E-state index in [2.05, 4.69) is 10.4 Å². The number of nitrogens with one attached hydrogen (secondary N) is 1. The normalized spacial score (nSPS) is 23.7. The molecule has 2 amide bonds. The van der Waals surface area contributed by atoms with Crippen LogP contribution in [0.25, 0.3) is 0 Å². The van der Waals surface area contributed by atoms with Gasteiger partial charge in [-0.1, -0.05) is 18.2 Å². The number of carbonyl (C=O) groups excluding carboxylic acids is 2. The summed E-state index contributed by atoms with van der Waals surface area (Å²) in [5, 5.41) is 8.56. The van der Waals surface area contributed by atoms with Gasteiger partial charge in [0.05, 0.1) is 31.6 Å². The Bertz CT molecular complexity index is 628. The quantitative estimate of drug-likeness (QED) is 0.766. The largest absolute Gasteiger partial charge is 0.376 e. The molecule has 2 aliphatic heterocycles. The summed E-state index contributed by atoms with van der Waals surface area (Å²) in [7, 11) is 0. The lowest BCUT2D eigenvalue weighted by Crippen LogP contribution is -2.42. The summed E-state index contributed by atoms with van der Waals surface area (Å²) in [4.78, 5) is 24.0. The number of carbonyl (C=O) groups is 2. The first-order valence-corrected chi connectivity index (χ1v) is 7.84. The molecular formula is C16H20N4O4. The molecule has 8 nitrogen and oxygen atoms in total. The van der Waals surface area contributed by atoms with Crippen LogP contribution in [0, 0.1) is 0 Å². The van der Waals surface area contributed by atoms with Gasteiger partial charge >= 0.3 is 0 Å². The first-order chi connectivity index (χ1) is 11.6. The Morgan fingerprint density at radius 1 is 1.29 bits per heavy atom. The first-order valence-electron chi connectivity index (χ1n) is 7.84. The predicted octanol–water partition coefficient (Wildman–Crippen LogP) is -0.362. The van der Waals surface area contributed by atoms with Gasteiger partial charge < -0.3 is 20.5 Å². The van der Waals surface area contributed by atoms with Crippen LogP contribution in [0.4, 0.5) is 5.69 Å². The van der Waals surface area contributed by atoms with Crippen molar-refractivity contribution in [3.05, 3.63) is 30.3 Å². The Hall–Kier alpha value is -2.45. The van der Waals surface area contributed by atoms with Crippen LogP contribution in [0.15, 0.2) is 35.4 Å². The van der Waals surface area contributed by atoms with Crippen molar-refractivity contribution in [3.8, 4) is 0 Å². The molecule has 3 N–H and O–H groups in total. The number of nitrogens with two attached hydrogens (primary N) is 1. The van der Waals surface area contributed by atoms with E-state index < -0.39 is 11.9 Å². The molecule has 0 saturated carbocycles. The molecule has 1 aromatic carbocycles. The third-order valence-electron chi connectivity index (χ3n) is 3.90. The Morgan fingerprint density at radius 3 is 2.75 bits per heavy atom. The van der Waals surface area contributed by atoms with Gasteiger partial charge in [0.1, 0.15) is 11.8 Å². The van der Waals surface area contributed by atoms with Crippen molar-refractivity contribution in [2.24, 2.45) is 10.8 Å². The second-order valence-electron chi connectivity index (χ2n) is 5.63. The second-order valence-corrected chi connectivity index (χ2v) is 5.63. The summed E-state index contributed by atoms with van der Waals surface area (Å²) in [5.74, 6) is -0.844. The zero-order chi connectivity index (χ0) is 16.9. The molecule has 0 aliphatic carbocycles. The van der Waals surface area contributed by atoms with Gasteiger partial charge in [0, 0.05) is 13.0 Å². The van der Waals surface area contributed by atoms with Crippen molar-refractivity contribution in [2.45, 2.75) is 18.6 Å². The molecule has 1 aromatic rings. The number of hydrogen-bond donors (Lipinski definition) is 2. The van der Waals surface area contributed by atoms with E-state index in [-0.39, 0.29) is 24.1 Å². The van der Waals surface area contributed by atoms with E-state index in [0.717, 1.165) is 0 Å². The highest BCUT2D eigenvalue weighted by Crippen LogP contribution is 2.24. The molecular weight excluding hydrogens is 312 g/mol. The highest BCUT2D eigenvalue weighted by Gasteiger charge is 2.35. The molecule has 0 radical (unpaired) electrons. The molecule has 2 heterocycles. The van der Waals surface area contributed by atoms with E-state index in [0.29, 0.717) is 32.1 Å². The molecule has 0 bridgehead atoms. The van der Waals surface area contributed by atoms with Crippen molar-refractivity contribution < 1.29 is 19.1 Å². The lowest BCUT2D eigenvalue weighted by atomic mass is 10.1. The lowest BCUT2D eigenvalue weighted by molar-refractivity contribution is -0.119. The molecule has 3 rings (SSSR count). The first kappa shape index (κ1) is 16.4.